The zero-order valence-electron chi connectivity index (χ0n) is 4.51. The minimum Gasteiger partial charge on any atom is -0.205 e. The van der Waals surface area contributed by atoms with Crippen molar-refractivity contribution in [2.75, 3.05) is 6.54 Å². The smallest absolute Gasteiger partial charge is 0.205 e. The van der Waals surface area contributed by atoms with E-state index in [0.717, 1.165) is 0 Å². The predicted molar refractivity (Wildman–Crippen MR) is 31.4 cm³/mol. The molecule has 0 heterocycles. The van der Waals surface area contributed by atoms with Crippen LogP contribution in [0.4, 0.5) is 0 Å². The van der Waals surface area contributed by atoms with Crippen LogP contribution in [0.5, 0.6) is 0 Å². The molecule has 0 atom stereocenters. The summed E-state index contributed by atoms with van der Waals surface area (Å²) < 4.78 is 22.6. The first-order chi connectivity index (χ1) is 3.62. The zero-order valence-corrected chi connectivity index (χ0v) is 5.33. The molecule has 4 heteroatoms. The molecule has 0 spiro atoms. The van der Waals surface area contributed by atoms with E-state index in [4.69, 9.17) is 0 Å². The molecule has 46 valence electrons. The third-order valence-electron chi connectivity index (χ3n) is 0.490. The molecule has 0 unspecified atom stereocenters. The predicted octanol–water partition coefficient (Wildman–Crippen LogP) is -0.484. The quantitative estimate of drug-likeness (QED) is 0.517. The fraction of sp³-hybridized carbons (Fsp3) is 0.500. The Hall–Kier alpha value is -0.530. The third-order valence-corrected chi connectivity index (χ3v) is 1.47. The first kappa shape index (κ1) is 7.47. The van der Waals surface area contributed by atoms with Gasteiger partial charge in [0.15, 0.2) is 0 Å². The molecule has 0 bridgehead atoms. The molecule has 0 amide bonds. The molecule has 0 saturated carbocycles. The molecule has 0 aromatic heterocycles. The highest BCUT2D eigenvalue weighted by atomic mass is 32.2. The second-order valence-electron chi connectivity index (χ2n) is 1.12. The Morgan fingerprint density at radius 2 is 2.25 bits per heavy atom. The number of terminal acetylenes is 1. The minimum absolute atomic E-state index is 0.340. The van der Waals surface area contributed by atoms with Gasteiger partial charge >= 0.3 is 0 Å². The summed E-state index contributed by atoms with van der Waals surface area (Å²) in [4.78, 5) is 0. The summed E-state index contributed by atoms with van der Waals surface area (Å²) >= 11 is 0. The lowest BCUT2D eigenvalue weighted by Gasteiger charge is -1.90. The van der Waals surface area contributed by atoms with Gasteiger partial charge in [-0.3, -0.25) is 0 Å². The molecular formula is C4H7NO2S. The van der Waals surface area contributed by atoms with E-state index in [2.05, 4.69) is 11.1 Å². The van der Waals surface area contributed by atoms with Crippen molar-refractivity contribution in [1.82, 2.24) is 4.72 Å². The molecule has 1 N–H and O–H groups in total. The summed E-state index contributed by atoms with van der Waals surface area (Å²) in [5.74, 6) is 0. The first-order valence-electron chi connectivity index (χ1n) is 2.09. The van der Waals surface area contributed by atoms with E-state index in [-0.39, 0.29) is 0 Å². The zero-order chi connectivity index (χ0) is 6.62. The molecule has 0 radical (unpaired) electrons. The summed E-state index contributed by atoms with van der Waals surface area (Å²) in [6.07, 6.45) is 4.59. The van der Waals surface area contributed by atoms with Gasteiger partial charge in [-0.15, -0.1) is 6.42 Å². The maximum atomic E-state index is 10.3. The van der Waals surface area contributed by atoms with Crippen LogP contribution in [0, 0.1) is 11.7 Å². The van der Waals surface area contributed by atoms with E-state index < -0.39 is 10.0 Å². The van der Waals surface area contributed by atoms with E-state index in [0.29, 0.717) is 6.54 Å². The standard InChI is InChI=1S/C4H7NO2S/c1-3-5-8(6,7)4-2/h2,5H,3H2,1H3. The Bertz CT molecular complexity index is 187. The Morgan fingerprint density at radius 3 is 2.38 bits per heavy atom. The monoisotopic (exact) mass is 133 g/mol. The molecule has 3 nitrogen and oxygen atoms in total. The number of nitrogens with one attached hydrogen (secondary N) is 1. The van der Waals surface area contributed by atoms with Gasteiger partial charge in [0.25, 0.3) is 10.0 Å². The van der Waals surface area contributed by atoms with Crippen LogP contribution >= 0.6 is 0 Å². The van der Waals surface area contributed by atoms with E-state index in [9.17, 15) is 8.42 Å². The van der Waals surface area contributed by atoms with Crippen LogP contribution in [-0.2, 0) is 10.0 Å². The molecule has 0 rings (SSSR count). The average molecular weight is 133 g/mol. The van der Waals surface area contributed by atoms with Gasteiger partial charge in [-0.25, -0.2) is 4.72 Å². The number of hydrogen-bond acceptors (Lipinski definition) is 2. The van der Waals surface area contributed by atoms with Gasteiger partial charge in [-0.05, 0) is 0 Å². The van der Waals surface area contributed by atoms with Crippen molar-refractivity contribution in [3.63, 3.8) is 0 Å². The van der Waals surface area contributed by atoms with E-state index >= 15 is 0 Å². The molecule has 8 heavy (non-hydrogen) atoms. The van der Waals surface area contributed by atoms with E-state index in [1.165, 1.54) is 0 Å². The van der Waals surface area contributed by atoms with Crippen molar-refractivity contribution >= 4 is 10.0 Å². The van der Waals surface area contributed by atoms with Gasteiger partial charge in [0.2, 0.25) is 0 Å². The van der Waals surface area contributed by atoms with Crippen molar-refractivity contribution in [2.24, 2.45) is 0 Å². The van der Waals surface area contributed by atoms with E-state index in [1.54, 1.807) is 12.2 Å². The Labute approximate surface area is 49.1 Å². The van der Waals surface area contributed by atoms with Crippen LogP contribution in [0.3, 0.4) is 0 Å². The van der Waals surface area contributed by atoms with Gasteiger partial charge in [0.1, 0.15) is 0 Å². The summed E-state index contributed by atoms with van der Waals surface area (Å²) in [5, 5.41) is 1.60. The highest BCUT2D eigenvalue weighted by Crippen LogP contribution is 1.73. The lowest BCUT2D eigenvalue weighted by atomic mass is 10.8. The minimum atomic E-state index is -3.39. The summed E-state index contributed by atoms with van der Waals surface area (Å²) in [6.45, 7) is 2.00. The Balaban J connectivity index is 4.02. The van der Waals surface area contributed by atoms with Crippen LogP contribution in [0.25, 0.3) is 0 Å². The highest BCUT2D eigenvalue weighted by molar-refractivity contribution is 7.94. The SMILES string of the molecule is C#CS(=O)(=O)NCC. The van der Waals surface area contributed by atoms with Crippen LogP contribution < -0.4 is 4.72 Å². The maximum Gasteiger partial charge on any atom is 0.280 e. The van der Waals surface area contributed by atoms with Crippen LogP contribution in [0.1, 0.15) is 6.92 Å². The largest absolute Gasteiger partial charge is 0.280 e. The van der Waals surface area contributed by atoms with Crippen LogP contribution in [0.15, 0.2) is 0 Å². The second kappa shape index (κ2) is 2.70. The van der Waals surface area contributed by atoms with Gasteiger partial charge in [-0.1, -0.05) is 6.92 Å². The van der Waals surface area contributed by atoms with Crippen molar-refractivity contribution in [3.05, 3.63) is 0 Å². The molecule has 0 saturated heterocycles. The second-order valence-corrected chi connectivity index (χ2v) is 2.65. The van der Waals surface area contributed by atoms with Gasteiger partial charge in [0, 0.05) is 11.8 Å². The maximum absolute atomic E-state index is 10.3. The fourth-order valence-electron chi connectivity index (χ4n) is 0.232. The Morgan fingerprint density at radius 1 is 1.75 bits per heavy atom. The number of rotatable bonds is 2. The average Bonchev–Trinajstić information content (AvgIpc) is 1.67. The van der Waals surface area contributed by atoms with Gasteiger partial charge in [-0.2, -0.15) is 8.42 Å². The lowest BCUT2D eigenvalue weighted by molar-refractivity contribution is 0.595. The topological polar surface area (TPSA) is 46.2 Å². The molecule has 0 aromatic rings. The van der Waals surface area contributed by atoms with E-state index in [1.807, 2.05) is 0 Å². The van der Waals surface area contributed by atoms with Gasteiger partial charge in [0.05, 0.1) is 0 Å². The third kappa shape index (κ3) is 2.61. The summed E-state index contributed by atoms with van der Waals surface area (Å²) in [7, 11) is -3.39. The molecule has 0 aliphatic heterocycles. The lowest BCUT2D eigenvalue weighted by Crippen LogP contribution is -2.20. The normalized spacial score (nSPS) is 10.5. The van der Waals surface area contributed by atoms with Gasteiger partial charge < -0.3 is 0 Å². The summed E-state index contributed by atoms with van der Waals surface area (Å²) in [5.41, 5.74) is 0. The van der Waals surface area contributed by atoms with Crippen LogP contribution in [-0.4, -0.2) is 15.0 Å². The molecular weight excluding hydrogens is 126 g/mol. The van der Waals surface area contributed by atoms with Crippen molar-refractivity contribution < 1.29 is 8.42 Å². The molecule has 0 aliphatic carbocycles. The number of sulfonamides is 1. The highest BCUT2D eigenvalue weighted by Gasteiger charge is 1.98. The Kier molecular flexibility index (Phi) is 2.52. The van der Waals surface area contributed by atoms with Crippen molar-refractivity contribution in [1.29, 1.82) is 0 Å². The molecule has 0 aromatic carbocycles. The summed E-state index contributed by atoms with van der Waals surface area (Å²) in [6, 6.07) is 0. The first-order valence-corrected chi connectivity index (χ1v) is 3.57. The molecule has 0 fully saturated rings. The van der Waals surface area contributed by atoms with Crippen molar-refractivity contribution in [3.8, 4) is 11.7 Å². The fourth-order valence-corrected chi connectivity index (χ4v) is 0.695. The number of hydrogen-bond donors (Lipinski definition) is 1. The van der Waals surface area contributed by atoms with Crippen LogP contribution in [0.2, 0.25) is 0 Å². The molecule has 0 aliphatic rings. The van der Waals surface area contributed by atoms with Crippen molar-refractivity contribution in [2.45, 2.75) is 6.92 Å².